The Hall–Kier alpha value is -2.68. The van der Waals surface area contributed by atoms with Crippen molar-refractivity contribution in [2.75, 3.05) is 13.2 Å². The minimum Gasteiger partial charge on any atom is -0.446 e. The van der Waals surface area contributed by atoms with Crippen molar-refractivity contribution in [1.29, 1.82) is 0 Å². The van der Waals surface area contributed by atoms with E-state index in [-0.39, 0.29) is 24.2 Å². The molecule has 2 N–H and O–H groups in total. The van der Waals surface area contributed by atoms with E-state index in [0.717, 1.165) is 61.3 Å². The van der Waals surface area contributed by atoms with Crippen molar-refractivity contribution in [3.63, 3.8) is 0 Å². The third-order valence-corrected chi connectivity index (χ3v) is 6.25. The molecule has 9 heteroatoms. The van der Waals surface area contributed by atoms with E-state index in [0.29, 0.717) is 12.5 Å². The topological polar surface area (TPSA) is 106 Å². The number of rotatable bonds is 5. The fourth-order valence-corrected chi connectivity index (χ4v) is 4.77. The number of ether oxygens (including phenoxy) is 2. The van der Waals surface area contributed by atoms with Crippen LogP contribution >= 0.6 is 0 Å². The van der Waals surface area contributed by atoms with Gasteiger partial charge in [-0.05, 0) is 37.7 Å². The van der Waals surface area contributed by atoms with Crippen molar-refractivity contribution in [2.24, 2.45) is 5.92 Å². The number of carbonyl (C=O) groups is 1. The average Bonchev–Trinajstić information content (AvgIpc) is 3.51. The molecule has 1 aliphatic carbocycles. The van der Waals surface area contributed by atoms with Crippen molar-refractivity contribution < 1.29 is 14.3 Å². The molecule has 1 amide bonds. The van der Waals surface area contributed by atoms with Crippen LogP contribution in [-0.2, 0) is 9.47 Å². The number of carbonyl (C=O) groups excluding carboxylic acids is 1. The first kappa shape index (κ1) is 18.4. The highest BCUT2D eigenvalue weighted by Gasteiger charge is 2.39. The van der Waals surface area contributed by atoms with E-state index < -0.39 is 0 Å². The Bertz CT molecular complexity index is 1010. The maximum absolute atomic E-state index is 12.3. The van der Waals surface area contributed by atoms with Gasteiger partial charge in [0.1, 0.15) is 11.9 Å². The lowest BCUT2D eigenvalue weighted by Crippen LogP contribution is -2.34. The summed E-state index contributed by atoms with van der Waals surface area (Å²) in [5, 5.41) is 11.7. The van der Waals surface area contributed by atoms with Crippen LogP contribution in [0, 0.1) is 5.92 Å². The van der Waals surface area contributed by atoms with E-state index in [4.69, 9.17) is 9.47 Å². The number of H-pyrrole nitrogens is 1. The van der Waals surface area contributed by atoms with Crippen molar-refractivity contribution in [1.82, 2.24) is 29.9 Å². The van der Waals surface area contributed by atoms with Gasteiger partial charge in [0.25, 0.3) is 0 Å². The Morgan fingerprint density at radius 3 is 3.17 bits per heavy atom. The zero-order valence-electron chi connectivity index (χ0n) is 16.5. The highest BCUT2D eigenvalue weighted by molar-refractivity contribution is 5.74. The zero-order valence-corrected chi connectivity index (χ0v) is 16.5. The van der Waals surface area contributed by atoms with Crippen LogP contribution in [0.3, 0.4) is 0 Å². The summed E-state index contributed by atoms with van der Waals surface area (Å²) in [4.78, 5) is 19.8. The number of aromatic nitrogens is 5. The Balaban J connectivity index is 1.31. The Kier molecular flexibility index (Phi) is 4.83. The molecule has 0 bridgehead atoms. The van der Waals surface area contributed by atoms with Crippen LogP contribution in [0.2, 0.25) is 0 Å². The number of hydrogen-bond acceptors (Lipinski definition) is 6. The number of alkyl carbamates (subject to hydrolysis) is 1. The quantitative estimate of drug-likeness (QED) is 0.684. The van der Waals surface area contributed by atoms with E-state index in [1.54, 1.807) is 6.20 Å². The van der Waals surface area contributed by atoms with E-state index >= 15 is 0 Å². The summed E-state index contributed by atoms with van der Waals surface area (Å²) in [5.41, 5.74) is 2.52. The molecule has 4 heterocycles. The first-order valence-electron chi connectivity index (χ1n) is 10.5. The number of aromatic amines is 1. The second-order valence-electron chi connectivity index (χ2n) is 8.01. The van der Waals surface area contributed by atoms with Crippen LogP contribution < -0.4 is 5.32 Å². The molecule has 1 aliphatic heterocycles. The maximum Gasteiger partial charge on any atom is 0.407 e. The van der Waals surface area contributed by atoms with Gasteiger partial charge in [0.15, 0.2) is 11.3 Å². The molecule has 1 saturated heterocycles. The van der Waals surface area contributed by atoms with Gasteiger partial charge < -0.3 is 19.8 Å². The fraction of sp³-hybridized carbons (Fsp3) is 0.600. The number of fused-ring (bicyclic) bond motifs is 3. The van der Waals surface area contributed by atoms with Gasteiger partial charge in [0.05, 0.1) is 17.8 Å². The standard InChI is InChI=1S/C20H26N6O3/c1-2-12-8-14(29-20(27)23-10-13-4-3-7-28-13)9-15(12)19-25-24-17-11-22-18-16(26(17)19)5-6-21-18/h5-6,11-15,21H,2-4,7-10H2,1H3,(H,23,27)/t12-,13+,14+,15+/m1/s1. The van der Waals surface area contributed by atoms with Gasteiger partial charge in [-0.15, -0.1) is 10.2 Å². The summed E-state index contributed by atoms with van der Waals surface area (Å²) in [6.07, 6.45) is 7.88. The van der Waals surface area contributed by atoms with Crippen LogP contribution in [0.4, 0.5) is 4.79 Å². The van der Waals surface area contributed by atoms with Crippen molar-refractivity contribution in [2.45, 2.75) is 57.2 Å². The molecular formula is C20H26N6O3. The number of amides is 1. The molecule has 0 aromatic carbocycles. The molecule has 2 aliphatic rings. The van der Waals surface area contributed by atoms with Crippen LogP contribution in [0.5, 0.6) is 0 Å². The highest BCUT2D eigenvalue weighted by Crippen LogP contribution is 2.42. The van der Waals surface area contributed by atoms with Crippen LogP contribution in [0.1, 0.15) is 50.8 Å². The van der Waals surface area contributed by atoms with Gasteiger partial charge >= 0.3 is 6.09 Å². The summed E-state index contributed by atoms with van der Waals surface area (Å²) in [7, 11) is 0. The molecule has 2 fully saturated rings. The van der Waals surface area contributed by atoms with Crippen LogP contribution in [0.25, 0.3) is 16.8 Å². The monoisotopic (exact) mass is 398 g/mol. The summed E-state index contributed by atoms with van der Waals surface area (Å²) in [5.74, 6) is 1.50. The maximum atomic E-state index is 12.3. The number of nitrogens with zero attached hydrogens (tertiary/aromatic N) is 4. The van der Waals surface area contributed by atoms with Crippen LogP contribution in [0.15, 0.2) is 18.5 Å². The number of nitrogens with one attached hydrogen (secondary N) is 2. The number of hydrogen-bond donors (Lipinski definition) is 2. The van der Waals surface area contributed by atoms with Gasteiger partial charge in [0, 0.05) is 25.3 Å². The van der Waals surface area contributed by atoms with E-state index in [1.807, 2.05) is 12.3 Å². The molecular weight excluding hydrogens is 372 g/mol. The molecule has 3 aromatic rings. The lowest BCUT2D eigenvalue weighted by Gasteiger charge is -2.15. The summed E-state index contributed by atoms with van der Waals surface area (Å²) in [6, 6.07) is 1.99. The molecule has 1 saturated carbocycles. The van der Waals surface area contributed by atoms with Crippen LogP contribution in [-0.4, -0.2) is 56.0 Å². The highest BCUT2D eigenvalue weighted by atomic mass is 16.6. The molecule has 0 unspecified atom stereocenters. The predicted molar refractivity (Wildman–Crippen MR) is 106 cm³/mol. The average molecular weight is 398 g/mol. The molecule has 0 radical (unpaired) electrons. The van der Waals surface area contributed by atoms with Crippen molar-refractivity contribution in [3.05, 3.63) is 24.3 Å². The first-order valence-corrected chi connectivity index (χ1v) is 10.5. The Morgan fingerprint density at radius 2 is 2.34 bits per heavy atom. The zero-order chi connectivity index (χ0) is 19.8. The molecule has 29 heavy (non-hydrogen) atoms. The SMILES string of the molecule is CC[C@@H]1C[C@H](OC(=O)NC[C@@H]2CCCO2)C[C@@H]1c1nnc2cnc3[nH]ccc3n12. The predicted octanol–water partition coefficient (Wildman–Crippen LogP) is 2.78. The minimum atomic E-state index is -0.357. The normalized spacial score (nSPS) is 27.1. The molecule has 154 valence electrons. The van der Waals surface area contributed by atoms with Gasteiger partial charge in [-0.25, -0.2) is 9.78 Å². The van der Waals surface area contributed by atoms with Crippen molar-refractivity contribution in [3.8, 4) is 0 Å². The van der Waals surface area contributed by atoms with Crippen molar-refractivity contribution >= 4 is 22.9 Å². The third kappa shape index (κ3) is 3.43. The molecule has 9 nitrogen and oxygen atoms in total. The largest absolute Gasteiger partial charge is 0.446 e. The summed E-state index contributed by atoms with van der Waals surface area (Å²) in [6.45, 7) is 3.47. The fourth-order valence-electron chi connectivity index (χ4n) is 4.77. The molecule has 5 rings (SSSR count). The smallest absolute Gasteiger partial charge is 0.407 e. The Morgan fingerprint density at radius 1 is 1.41 bits per heavy atom. The van der Waals surface area contributed by atoms with E-state index in [2.05, 4.69) is 36.8 Å². The lowest BCUT2D eigenvalue weighted by molar-refractivity contribution is 0.0825. The second kappa shape index (κ2) is 7.62. The van der Waals surface area contributed by atoms with E-state index in [9.17, 15) is 4.79 Å². The van der Waals surface area contributed by atoms with Gasteiger partial charge in [0.2, 0.25) is 0 Å². The molecule has 3 aromatic heterocycles. The summed E-state index contributed by atoms with van der Waals surface area (Å²) >= 11 is 0. The Labute approximate surface area is 168 Å². The molecule has 4 atom stereocenters. The summed E-state index contributed by atoms with van der Waals surface area (Å²) < 4.78 is 13.4. The van der Waals surface area contributed by atoms with Gasteiger partial charge in [-0.1, -0.05) is 13.3 Å². The first-order chi connectivity index (χ1) is 14.2. The third-order valence-electron chi connectivity index (χ3n) is 6.25. The minimum absolute atomic E-state index is 0.113. The van der Waals surface area contributed by atoms with Gasteiger partial charge in [-0.2, -0.15) is 0 Å². The molecule has 0 spiro atoms. The van der Waals surface area contributed by atoms with Gasteiger partial charge in [-0.3, -0.25) is 4.40 Å². The lowest BCUT2D eigenvalue weighted by atomic mass is 9.93. The van der Waals surface area contributed by atoms with E-state index in [1.165, 1.54) is 0 Å². The second-order valence-corrected chi connectivity index (χ2v) is 8.01.